The predicted molar refractivity (Wildman–Crippen MR) is 363 cm³/mol. The number of unbranched alkanes of at least 4 members (excludes halogenated alkanes) is 4. The molecule has 2 aromatic carbocycles. The number of aromatic amines is 2. The zero-order valence-corrected chi connectivity index (χ0v) is 55.1. The van der Waals surface area contributed by atoms with Crippen LogP contribution < -0.4 is 20.5 Å². The number of rotatable bonds is 23. The van der Waals surface area contributed by atoms with Gasteiger partial charge in [-0.05, 0) is 141 Å². The van der Waals surface area contributed by atoms with Crippen LogP contribution in [0.3, 0.4) is 0 Å². The number of hydrogen-bond donors (Lipinski definition) is 5. The third-order valence-corrected chi connectivity index (χ3v) is 18.1. The Bertz CT molecular complexity index is 3480. The van der Waals surface area contributed by atoms with Crippen molar-refractivity contribution in [3.8, 4) is 34.3 Å². The summed E-state index contributed by atoms with van der Waals surface area (Å²) in [6.07, 6.45) is 17.3. The normalized spacial score (nSPS) is 17.5. The third kappa shape index (κ3) is 20.0. The molecular weight excluding hydrogens is 1180 g/mol. The molecule has 21 heteroatoms. The number of piperidine rings is 2. The van der Waals surface area contributed by atoms with E-state index in [1.807, 2.05) is 110 Å². The molecule has 508 valence electrons. The largest absolute Gasteiger partial charge is 0.481 e. The van der Waals surface area contributed by atoms with Gasteiger partial charge in [0.1, 0.15) is 34.4 Å². The molecule has 93 heavy (non-hydrogen) atoms. The molecule has 4 aromatic heterocycles. The monoisotopic (exact) mass is 1280 g/mol. The SMILES string of the molecule is C.C.CC(C)(C)OC(=O)N1CCC2(CC1)CC2C(=O)O.CCC(=O)CCCCC[C@H](N)c1ncc(-c2cc3ccccc3nc2OC)[nH]1.CCC(=O)CCCCC[C@H](NC(=O)C1CC12CCN(C(=O)OC(C)(C)C)CC2)c1ncc(-c2cc3ccccc3nc2OC)[nH]1. The highest BCUT2D eigenvalue weighted by atomic mass is 16.6. The summed E-state index contributed by atoms with van der Waals surface area (Å²) in [6.45, 7) is 17.4. The maximum absolute atomic E-state index is 13.7. The highest BCUT2D eigenvalue weighted by molar-refractivity contribution is 5.87. The first-order valence-electron chi connectivity index (χ1n) is 32.6. The quantitative estimate of drug-likeness (QED) is 0.0373. The number of carbonyl (C=O) groups excluding carboxylic acids is 5. The van der Waals surface area contributed by atoms with Crippen molar-refractivity contribution in [2.75, 3.05) is 40.4 Å². The van der Waals surface area contributed by atoms with E-state index in [1.165, 1.54) is 0 Å². The van der Waals surface area contributed by atoms with Crippen molar-refractivity contribution in [3.05, 3.63) is 84.7 Å². The van der Waals surface area contributed by atoms with E-state index in [4.69, 9.17) is 34.8 Å². The molecule has 2 unspecified atom stereocenters. The zero-order chi connectivity index (χ0) is 65.7. The van der Waals surface area contributed by atoms with Gasteiger partial charge in [0.25, 0.3) is 0 Å². The number of carbonyl (C=O) groups is 6. The Kier molecular flexibility index (Phi) is 26.1. The zero-order valence-electron chi connectivity index (χ0n) is 55.1. The van der Waals surface area contributed by atoms with Gasteiger partial charge in [0.05, 0.1) is 78.2 Å². The van der Waals surface area contributed by atoms with Gasteiger partial charge in [0, 0.05) is 68.6 Å². The van der Waals surface area contributed by atoms with Crippen LogP contribution in [0.15, 0.2) is 73.1 Å². The summed E-state index contributed by atoms with van der Waals surface area (Å²) in [5.41, 5.74) is 10.2. The van der Waals surface area contributed by atoms with Gasteiger partial charge in [-0.25, -0.2) is 29.5 Å². The Morgan fingerprint density at radius 3 is 1.47 bits per heavy atom. The molecule has 6 heterocycles. The van der Waals surface area contributed by atoms with Crippen molar-refractivity contribution in [2.24, 2.45) is 28.4 Å². The van der Waals surface area contributed by atoms with Gasteiger partial charge in [0.2, 0.25) is 17.7 Å². The summed E-state index contributed by atoms with van der Waals surface area (Å²) in [6, 6.07) is 19.5. The van der Waals surface area contributed by atoms with Crippen LogP contribution in [-0.4, -0.2) is 132 Å². The number of carboxylic acids is 1. The molecule has 2 spiro atoms. The fourth-order valence-corrected chi connectivity index (χ4v) is 12.4. The van der Waals surface area contributed by atoms with Gasteiger partial charge in [-0.3, -0.25) is 19.2 Å². The molecule has 3 amide bonds. The Labute approximate surface area is 549 Å². The first-order valence-corrected chi connectivity index (χ1v) is 32.6. The summed E-state index contributed by atoms with van der Waals surface area (Å²) in [5.74, 6) is 2.19. The number of ether oxygens (including phenoxy) is 4. The van der Waals surface area contributed by atoms with Crippen molar-refractivity contribution in [2.45, 2.75) is 209 Å². The number of aliphatic carboxylic acids is 1. The highest BCUT2D eigenvalue weighted by Gasteiger charge is 2.60. The number of imidazole rings is 2. The second-order valence-corrected chi connectivity index (χ2v) is 27.0. The Morgan fingerprint density at radius 1 is 0.624 bits per heavy atom. The Morgan fingerprint density at radius 2 is 1.04 bits per heavy atom. The van der Waals surface area contributed by atoms with E-state index < -0.39 is 17.2 Å². The number of likely N-dealkylation sites (tertiary alicyclic amines) is 2. The minimum absolute atomic E-state index is 0. The number of ketones is 2. The molecule has 4 aliphatic rings. The number of H-pyrrole nitrogens is 2. The summed E-state index contributed by atoms with van der Waals surface area (Å²) in [7, 11) is 3.22. The summed E-state index contributed by atoms with van der Waals surface area (Å²) in [4.78, 5) is 101. The van der Waals surface area contributed by atoms with E-state index in [-0.39, 0.29) is 73.5 Å². The highest BCUT2D eigenvalue weighted by Crippen LogP contribution is 2.60. The van der Waals surface area contributed by atoms with Crippen LogP contribution in [0.2, 0.25) is 0 Å². The van der Waals surface area contributed by atoms with Crippen molar-refractivity contribution in [3.63, 3.8) is 0 Å². The number of nitrogens with two attached hydrogens (primary N) is 1. The minimum Gasteiger partial charge on any atom is -0.481 e. The molecule has 6 aromatic rings. The molecule has 2 saturated heterocycles. The number of nitrogens with one attached hydrogen (secondary N) is 3. The van der Waals surface area contributed by atoms with Gasteiger partial charge < -0.3 is 54.9 Å². The van der Waals surface area contributed by atoms with Crippen molar-refractivity contribution >= 4 is 57.4 Å². The number of aromatic nitrogens is 6. The van der Waals surface area contributed by atoms with Crippen LogP contribution in [0.25, 0.3) is 44.3 Å². The molecule has 0 radical (unpaired) electrons. The standard InChI is InChI=1S/C35H47N5O5.C22H28N4O2.C13H21NO4.2CH4/c1-6-24(41)13-8-7-9-15-28(30-36-22-29(37-30)25-20-23-12-10-11-14-27(23)39-32(25)44-5)38-31(42)26-21-35(26)16-18-40(19-17-35)33(43)45-34(2,3)4;1-3-16(27)10-5-4-6-11-18(23)21-24-14-20(25-21)17-13-15-9-7-8-12-19(15)26-22(17)28-2;1-12(2,3)18-11(17)14-6-4-13(5-7-14)8-9(13)10(15)16;;/h10-12,14,20,22,26,28H,6-9,13,15-19,21H2,1-5H3,(H,36,37)(H,38,42);7-9,12-14,18H,3-6,10-11,23H2,1-2H3,(H,24,25);9H,4-8H2,1-3H3,(H,15,16);2*1H4/t26?,28-;18-;;;/m00.../s1. The van der Waals surface area contributed by atoms with Crippen LogP contribution in [0.5, 0.6) is 11.8 Å². The number of nitrogens with zero attached hydrogens (tertiary/aromatic N) is 6. The van der Waals surface area contributed by atoms with Gasteiger partial charge in [-0.2, -0.15) is 0 Å². The minimum atomic E-state index is -0.694. The average molecular weight is 1290 g/mol. The number of fused-ring (bicyclic) bond motifs is 2. The first kappa shape index (κ1) is 74.1. The van der Waals surface area contributed by atoms with E-state index in [9.17, 15) is 28.8 Å². The van der Waals surface area contributed by atoms with Crippen molar-refractivity contribution in [1.29, 1.82) is 0 Å². The maximum Gasteiger partial charge on any atom is 0.410 e. The fourth-order valence-electron chi connectivity index (χ4n) is 12.4. The number of pyridine rings is 2. The number of amides is 3. The number of hydrogen-bond acceptors (Lipinski definition) is 15. The summed E-state index contributed by atoms with van der Waals surface area (Å²) < 4.78 is 22.0. The van der Waals surface area contributed by atoms with Crippen LogP contribution in [0.4, 0.5) is 9.59 Å². The lowest BCUT2D eigenvalue weighted by molar-refractivity contribution is -0.139. The van der Waals surface area contributed by atoms with Crippen molar-refractivity contribution < 1.29 is 52.8 Å². The Hall–Kier alpha value is -7.94. The topological polar surface area (TPSA) is 287 Å². The van der Waals surface area contributed by atoms with E-state index in [1.54, 1.807) is 36.4 Å². The maximum atomic E-state index is 13.7. The number of benzene rings is 2. The number of methoxy groups -OCH3 is 2. The lowest BCUT2D eigenvalue weighted by Gasteiger charge is -2.34. The second-order valence-electron chi connectivity index (χ2n) is 27.0. The van der Waals surface area contributed by atoms with Crippen LogP contribution in [-0.2, 0) is 28.7 Å². The number of Topliss-reactive ketones (excluding diaryl/α,β-unsaturated/α-hetero) is 2. The molecule has 2 saturated carbocycles. The molecular formula is C72H104N10O11. The van der Waals surface area contributed by atoms with Gasteiger partial charge >= 0.3 is 18.2 Å². The van der Waals surface area contributed by atoms with Crippen LogP contribution in [0, 0.1) is 22.7 Å². The molecule has 2 aliphatic carbocycles. The lowest BCUT2D eigenvalue weighted by Crippen LogP contribution is -2.43. The van der Waals surface area contributed by atoms with E-state index in [0.717, 1.165) is 134 Å². The molecule has 10 rings (SSSR count). The van der Waals surface area contributed by atoms with Crippen molar-refractivity contribution in [1.82, 2.24) is 45.0 Å². The molecule has 2 aliphatic heterocycles. The molecule has 21 nitrogen and oxygen atoms in total. The lowest BCUT2D eigenvalue weighted by atomic mass is 9.90. The van der Waals surface area contributed by atoms with Crippen LogP contribution >= 0.6 is 0 Å². The first-order chi connectivity index (χ1) is 43.4. The second kappa shape index (κ2) is 32.8. The van der Waals surface area contributed by atoms with Gasteiger partial charge in [-0.1, -0.05) is 90.8 Å². The average Bonchev–Trinajstić information content (AvgIpc) is 1.60. The third-order valence-electron chi connectivity index (χ3n) is 18.1. The van der Waals surface area contributed by atoms with Crippen LogP contribution in [0.1, 0.15) is 210 Å². The molecule has 4 fully saturated rings. The van der Waals surface area contributed by atoms with Gasteiger partial charge in [0.15, 0.2) is 0 Å². The molecule has 6 N–H and O–H groups in total. The number of carboxylic acid groups (broad SMARTS) is 1. The van der Waals surface area contributed by atoms with E-state index in [2.05, 4.69) is 36.3 Å². The van der Waals surface area contributed by atoms with E-state index >= 15 is 0 Å². The molecule has 4 atom stereocenters. The van der Waals surface area contributed by atoms with E-state index in [0.29, 0.717) is 81.7 Å². The Balaban J connectivity index is 0.000000243. The summed E-state index contributed by atoms with van der Waals surface area (Å²) >= 11 is 0. The molecule has 0 bridgehead atoms. The van der Waals surface area contributed by atoms with Gasteiger partial charge in [-0.15, -0.1) is 0 Å². The summed E-state index contributed by atoms with van der Waals surface area (Å²) in [5, 5.41) is 14.3. The predicted octanol–water partition coefficient (Wildman–Crippen LogP) is 14.7. The fraction of sp³-hybridized carbons (Fsp3) is 0.583. The number of para-hydroxylation sites is 2. The smallest absolute Gasteiger partial charge is 0.410 e.